The first-order valence-corrected chi connectivity index (χ1v) is 8.80. The molecule has 4 rings (SSSR count). The summed E-state index contributed by atoms with van der Waals surface area (Å²) in [7, 11) is 0. The van der Waals surface area contributed by atoms with Crippen molar-refractivity contribution in [2.45, 2.75) is 13.0 Å². The Labute approximate surface area is 140 Å². The minimum absolute atomic E-state index is 0.976. The third-order valence-electron chi connectivity index (χ3n) is 4.26. The van der Waals surface area contributed by atoms with Crippen molar-refractivity contribution in [1.29, 1.82) is 0 Å². The van der Waals surface area contributed by atoms with Crippen molar-refractivity contribution in [3.05, 3.63) is 70.2 Å². The van der Waals surface area contributed by atoms with E-state index in [4.69, 9.17) is 0 Å². The van der Waals surface area contributed by atoms with E-state index in [9.17, 15) is 0 Å². The monoisotopic (exact) mass is 321 g/mol. The summed E-state index contributed by atoms with van der Waals surface area (Å²) in [5.74, 6) is 0. The van der Waals surface area contributed by atoms with Crippen LogP contribution in [-0.4, -0.2) is 28.0 Å². The number of nitrogens with zero attached hydrogens (tertiary/aromatic N) is 2. The van der Waals surface area contributed by atoms with Crippen molar-refractivity contribution in [3.8, 4) is 0 Å². The lowest BCUT2D eigenvalue weighted by Crippen LogP contribution is -2.27. The van der Waals surface area contributed by atoms with Crippen LogP contribution in [0.2, 0.25) is 0 Å². The molecule has 4 heteroatoms. The van der Waals surface area contributed by atoms with Crippen LogP contribution in [0, 0.1) is 0 Å². The summed E-state index contributed by atoms with van der Waals surface area (Å²) in [4.78, 5) is 11.4. The molecule has 3 aromatic heterocycles. The molecule has 23 heavy (non-hydrogen) atoms. The molecule has 0 saturated heterocycles. The van der Waals surface area contributed by atoms with Gasteiger partial charge in [-0.15, -0.1) is 11.3 Å². The number of nitrogens with one attached hydrogen (secondary N) is 1. The Morgan fingerprint density at radius 3 is 3.09 bits per heavy atom. The second-order valence-corrected chi connectivity index (χ2v) is 6.81. The molecule has 0 saturated carbocycles. The topological polar surface area (TPSA) is 31.9 Å². The van der Waals surface area contributed by atoms with E-state index in [0.29, 0.717) is 0 Å². The van der Waals surface area contributed by atoms with Gasteiger partial charge < -0.3 is 4.98 Å². The molecule has 0 unspecified atom stereocenters. The average molecular weight is 321 g/mol. The lowest BCUT2D eigenvalue weighted by molar-refractivity contribution is 0.288. The number of aromatic amines is 1. The Morgan fingerprint density at radius 1 is 1.26 bits per heavy atom. The number of aromatic nitrogens is 2. The molecule has 1 N–H and O–H groups in total. The van der Waals surface area contributed by atoms with Gasteiger partial charge in [-0.1, -0.05) is 18.2 Å². The molecule has 0 radical (unpaired) electrons. The van der Waals surface area contributed by atoms with Crippen LogP contribution in [0.5, 0.6) is 0 Å². The number of pyridine rings is 1. The van der Waals surface area contributed by atoms with E-state index in [1.165, 1.54) is 21.4 Å². The third-order valence-corrected chi connectivity index (χ3v) is 5.10. The predicted molar refractivity (Wildman–Crippen MR) is 97.4 cm³/mol. The first-order chi connectivity index (χ1) is 11.4. The molecule has 0 fully saturated rings. The molecular weight excluding hydrogens is 302 g/mol. The van der Waals surface area contributed by atoms with Crippen LogP contribution in [-0.2, 0) is 6.54 Å². The molecule has 0 bridgehead atoms. The minimum atomic E-state index is 0.976. The number of H-pyrrole nitrogens is 1. The molecule has 4 heterocycles. The van der Waals surface area contributed by atoms with Crippen LogP contribution in [0.25, 0.3) is 17.1 Å². The van der Waals surface area contributed by atoms with Gasteiger partial charge in [0.05, 0.1) is 0 Å². The van der Waals surface area contributed by atoms with Gasteiger partial charge in [0, 0.05) is 42.3 Å². The van der Waals surface area contributed by atoms with E-state index < -0.39 is 0 Å². The third kappa shape index (κ3) is 3.28. The zero-order valence-electron chi connectivity index (χ0n) is 12.9. The fourth-order valence-corrected chi connectivity index (χ4v) is 3.60. The van der Waals surface area contributed by atoms with Crippen molar-refractivity contribution in [2.24, 2.45) is 0 Å². The highest BCUT2D eigenvalue weighted by atomic mass is 32.1. The summed E-state index contributed by atoms with van der Waals surface area (Å²) in [6.45, 7) is 3.09. The van der Waals surface area contributed by atoms with Crippen molar-refractivity contribution in [3.63, 3.8) is 0 Å². The fourth-order valence-electron chi connectivity index (χ4n) is 2.98. The van der Waals surface area contributed by atoms with Crippen LogP contribution in [0.1, 0.15) is 16.9 Å². The molecular formula is C19H19N3S. The van der Waals surface area contributed by atoms with Gasteiger partial charge in [-0.2, -0.15) is 0 Å². The van der Waals surface area contributed by atoms with Crippen molar-refractivity contribution < 1.29 is 0 Å². The van der Waals surface area contributed by atoms with Gasteiger partial charge in [0.1, 0.15) is 5.65 Å². The summed E-state index contributed by atoms with van der Waals surface area (Å²) in [5, 5.41) is 3.35. The van der Waals surface area contributed by atoms with Crippen molar-refractivity contribution in [2.75, 3.05) is 13.1 Å². The quantitative estimate of drug-likeness (QED) is 0.769. The second kappa shape index (κ2) is 6.52. The summed E-state index contributed by atoms with van der Waals surface area (Å²) in [6, 6.07) is 8.39. The van der Waals surface area contributed by atoms with E-state index in [1.54, 1.807) is 11.3 Å². The lowest BCUT2D eigenvalue weighted by Gasteiger charge is -2.25. The first-order valence-electron chi connectivity index (χ1n) is 7.92. The van der Waals surface area contributed by atoms with Gasteiger partial charge in [0.15, 0.2) is 0 Å². The lowest BCUT2D eigenvalue weighted by atomic mass is 10.1. The van der Waals surface area contributed by atoms with Crippen LogP contribution in [0.4, 0.5) is 0 Å². The number of rotatable bonds is 4. The van der Waals surface area contributed by atoms with Crippen LogP contribution >= 0.6 is 11.3 Å². The highest BCUT2D eigenvalue weighted by molar-refractivity contribution is 7.10. The molecule has 0 atom stereocenters. The van der Waals surface area contributed by atoms with Gasteiger partial charge in [-0.25, -0.2) is 4.98 Å². The Kier molecular flexibility index (Phi) is 4.09. The zero-order valence-corrected chi connectivity index (χ0v) is 13.7. The fraction of sp³-hybridized carbons (Fsp3) is 0.211. The van der Waals surface area contributed by atoms with Gasteiger partial charge in [0.25, 0.3) is 0 Å². The molecule has 116 valence electrons. The molecule has 0 spiro atoms. The van der Waals surface area contributed by atoms with Crippen LogP contribution < -0.4 is 0 Å². The van der Waals surface area contributed by atoms with Crippen molar-refractivity contribution in [1.82, 2.24) is 14.9 Å². The van der Waals surface area contributed by atoms with E-state index in [0.717, 1.165) is 31.7 Å². The van der Waals surface area contributed by atoms with Crippen LogP contribution in [0.15, 0.2) is 59.8 Å². The Morgan fingerprint density at radius 2 is 2.26 bits per heavy atom. The molecule has 1 aliphatic heterocycles. The normalized spacial score (nSPS) is 16.3. The Hall–Kier alpha value is -2.17. The summed E-state index contributed by atoms with van der Waals surface area (Å²) in [5.41, 5.74) is 3.75. The van der Waals surface area contributed by atoms with Gasteiger partial charge >= 0.3 is 0 Å². The average Bonchev–Trinajstić information content (AvgIpc) is 3.25. The maximum atomic E-state index is 4.36. The summed E-state index contributed by atoms with van der Waals surface area (Å²) < 4.78 is 0. The molecule has 3 aromatic rings. The highest BCUT2D eigenvalue weighted by Gasteiger charge is 2.13. The molecule has 1 aliphatic rings. The number of fused-ring (bicyclic) bond motifs is 1. The largest absolute Gasteiger partial charge is 0.346 e. The van der Waals surface area contributed by atoms with Crippen molar-refractivity contribution >= 4 is 28.4 Å². The SMILES string of the molecule is C1=C(/C=C/c2cccs2)CCN(Cc2c[nH]c3ncccc23)C1. The maximum absolute atomic E-state index is 4.36. The smallest absolute Gasteiger partial charge is 0.137 e. The maximum Gasteiger partial charge on any atom is 0.137 e. The Balaban J connectivity index is 1.41. The molecule has 0 aromatic carbocycles. The van der Waals surface area contributed by atoms with Crippen LogP contribution in [0.3, 0.4) is 0 Å². The first kappa shape index (κ1) is 14.4. The number of allylic oxidation sites excluding steroid dienone is 1. The molecule has 3 nitrogen and oxygen atoms in total. The predicted octanol–water partition coefficient (Wildman–Crippen LogP) is 4.47. The standard InChI is InChI=1S/C19H19N3S/c1-4-18-16(13-21-19(18)20-9-1)14-22-10-7-15(8-11-22)5-6-17-3-2-12-23-17/h1-7,9,12-13H,8,10-11,14H2,(H,20,21)/b6-5+. The van der Waals surface area contributed by atoms with Gasteiger partial charge in [-0.05, 0) is 47.2 Å². The van der Waals surface area contributed by atoms with E-state index >= 15 is 0 Å². The van der Waals surface area contributed by atoms with Gasteiger partial charge in [0.2, 0.25) is 0 Å². The summed E-state index contributed by atoms with van der Waals surface area (Å²) in [6.07, 6.45) is 11.9. The van der Waals surface area contributed by atoms with Gasteiger partial charge in [-0.3, -0.25) is 4.90 Å². The highest BCUT2D eigenvalue weighted by Crippen LogP contribution is 2.21. The number of hydrogen-bond acceptors (Lipinski definition) is 3. The van der Waals surface area contributed by atoms with E-state index in [1.807, 2.05) is 12.3 Å². The molecule has 0 amide bonds. The second-order valence-electron chi connectivity index (χ2n) is 5.83. The minimum Gasteiger partial charge on any atom is -0.346 e. The Bertz CT molecular complexity index is 843. The number of hydrogen-bond donors (Lipinski definition) is 1. The summed E-state index contributed by atoms with van der Waals surface area (Å²) >= 11 is 1.78. The van der Waals surface area contributed by atoms with E-state index in [2.05, 4.69) is 62.9 Å². The molecule has 0 aliphatic carbocycles. The van der Waals surface area contributed by atoms with E-state index in [-0.39, 0.29) is 0 Å². The zero-order chi connectivity index (χ0) is 15.5. The number of thiophene rings is 1.